The zero-order chi connectivity index (χ0) is 11.5. The van der Waals surface area contributed by atoms with Gasteiger partial charge in [-0.15, -0.1) is 0 Å². The van der Waals surface area contributed by atoms with Crippen LogP contribution in [0.1, 0.15) is 27.2 Å². The number of hydrogen-bond donors (Lipinski definition) is 0. The molecule has 1 saturated heterocycles. The summed E-state index contributed by atoms with van der Waals surface area (Å²) in [5, 5.41) is 0. The molecule has 0 spiro atoms. The fraction of sp³-hybridized carbons (Fsp3) is 0.909. The minimum absolute atomic E-state index is 0.207. The molecule has 0 radical (unpaired) electrons. The molecule has 1 aliphatic heterocycles. The fourth-order valence-electron chi connectivity index (χ4n) is 1.70. The second-order valence-electron chi connectivity index (χ2n) is 5.04. The number of carbonyl (C=O) groups is 1. The largest absolute Gasteiger partial charge is 0.444 e. The van der Waals surface area contributed by atoms with Crippen LogP contribution in [0.4, 0.5) is 4.79 Å². The second-order valence-corrected chi connectivity index (χ2v) is 5.04. The molecule has 1 heterocycles. The van der Waals surface area contributed by atoms with Gasteiger partial charge in [-0.2, -0.15) is 0 Å². The van der Waals surface area contributed by atoms with Crippen molar-refractivity contribution in [1.29, 1.82) is 0 Å². The molecule has 0 aromatic rings. The van der Waals surface area contributed by atoms with E-state index in [0.29, 0.717) is 5.92 Å². The fourth-order valence-corrected chi connectivity index (χ4v) is 1.70. The van der Waals surface area contributed by atoms with Gasteiger partial charge < -0.3 is 14.4 Å². The maximum atomic E-state index is 11.7. The first-order chi connectivity index (χ1) is 6.92. The quantitative estimate of drug-likeness (QED) is 0.706. The molecule has 1 unspecified atom stereocenters. The van der Waals surface area contributed by atoms with Crippen LogP contribution >= 0.6 is 0 Å². The van der Waals surface area contributed by atoms with Crippen molar-refractivity contribution < 1.29 is 14.3 Å². The summed E-state index contributed by atoms with van der Waals surface area (Å²) in [5.41, 5.74) is -0.406. The Hall–Kier alpha value is -0.770. The third-order valence-corrected chi connectivity index (χ3v) is 2.34. The standard InChI is InChI=1S/C11H21NO3/c1-11(2,3)15-10(13)12-6-5-9(7-12)8-14-4/h9H,5-8H2,1-4H3. The molecular formula is C11H21NO3. The van der Waals surface area contributed by atoms with Gasteiger partial charge in [0.05, 0.1) is 6.61 Å². The van der Waals surface area contributed by atoms with Gasteiger partial charge in [-0.3, -0.25) is 0 Å². The zero-order valence-corrected chi connectivity index (χ0v) is 10.1. The molecule has 0 N–H and O–H groups in total. The number of nitrogens with zero attached hydrogens (tertiary/aromatic N) is 1. The van der Waals surface area contributed by atoms with Gasteiger partial charge in [-0.25, -0.2) is 4.79 Å². The lowest BCUT2D eigenvalue weighted by molar-refractivity contribution is 0.0280. The Bertz CT molecular complexity index is 222. The van der Waals surface area contributed by atoms with Crippen molar-refractivity contribution in [3.8, 4) is 0 Å². The first-order valence-electron chi connectivity index (χ1n) is 5.39. The number of ether oxygens (including phenoxy) is 2. The molecule has 0 saturated carbocycles. The normalized spacial score (nSPS) is 21.9. The number of hydrogen-bond acceptors (Lipinski definition) is 3. The highest BCUT2D eigenvalue weighted by Crippen LogP contribution is 2.19. The molecule has 1 aliphatic rings. The van der Waals surface area contributed by atoms with E-state index in [1.807, 2.05) is 20.8 Å². The maximum Gasteiger partial charge on any atom is 0.410 e. The molecule has 1 rings (SSSR count). The van der Waals surface area contributed by atoms with E-state index in [1.165, 1.54) is 0 Å². The topological polar surface area (TPSA) is 38.8 Å². The van der Waals surface area contributed by atoms with Crippen LogP contribution in [0.5, 0.6) is 0 Å². The van der Waals surface area contributed by atoms with Crippen LogP contribution in [0.15, 0.2) is 0 Å². The highest BCUT2D eigenvalue weighted by Gasteiger charge is 2.29. The van der Waals surface area contributed by atoms with E-state index in [-0.39, 0.29) is 6.09 Å². The summed E-state index contributed by atoms with van der Waals surface area (Å²) in [5.74, 6) is 0.461. The van der Waals surface area contributed by atoms with Crippen molar-refractivity contribution in [2.24, 2.45) is 5.92 Å². The molecule has 0 aliphatic carbocycles. The molecule has 0 bridgehead atoms. The Balaban J connectivity index is 2.37. The summed E-state index contributed by atoms with van der Waals surface area (Å²) in [6.07, 6.45) is 0.800. The minimum Gasteiger partial charge on any atom is -0.444 e. The van der Waals surface area contributed by atoms with Gasteiger partial charge in [-0.05, 0) is 27.2 Å². The lowest BCUT2D eigenvalue weighted by Gasteiger charge is -2.24. The van der Waals surface area contributed by atoms with Crippen LogP contribution in [-0.2, 0) is 9.47 Å². The van der Waals surface area contributed by atoms with E-state index in [0.717, 1.165) is 26.1 Å². The Labute approximate surface area is 91.5 Å². The van der Waals surface area contributed by atoms with Crippen LogP contribution in [0, 0.1) is 5.92 Å². The summed E-state index contributed by atoms with van der Waals surface area (Å²) in [6.45, 7) is 7.90. The maximum absolute atomic E-state index is 11.7. The third-order valence-electron chi connectivity index (χ3n) is 2.34. The van der Waals surface area contributed by atoms with Gasteiger partial charge in [0.15, 0.2) is 0 Å². The molecule has 1 atom stereocenters. The summed E-state index contributed by atoms with van der Waals surface area (Å²) >= 11 is 0. The van der Waals surface area contributed by atoms with Crippen molar-refractivity contribution >= 4 is 6.09 Å². The van der Waals surface area contributed by atoms with Crippen LogP contribution in [0.2, 0.25) is 0 Å². The van der Waals surface area contributed by atoms with Crippen LogP contribution in [0.3, 0.4) is 0 Å². The average molecular weight is 215 g/mol. The van der Waals surface area contributed by atoms with Crippen molar-refractivity contribution in [2.45, 2.75) is 32.8 Å². The summed E-state index contributed by atoms with van der Waals surface area (Å²) in [6, 6.07) is 0. The highest BCUT2D eigenvalue weighted by molar-refractivity contribution is 5.68. The third kappa shape index (κ3) is 4.08. The van der Waals surface area contributed by atoms with Crippen molar-refractivity contribution in [3.63, 3.8) is 0 Å². The number of likely N-dealkylation sites (tertiary alicyclic amines) is 1. The number of amides is 1. The highest BCUT2D eigenvalue weighted by atomic mass is 16.6. The van der Waals surface area contributed by atoms with E-state index in [2.05, 4.69) is 0 Å². The number of rotatable bonds is 2. The average Bonchev–Trinajstić information content (AvgIpc) is 2.50. The summed E-state index contributed by atoms with van der Waals surface area (Å²) in [7, 11) is 1.69. The Kier molecular flexibility index (Phi) is 3.97. The lowest BCUT2D eigenvalue weighted by atomic mass is 10.1. The van der Waals surface area contributed by atoms with Crippen LogP contribution < -0.4 is 0 Å². The summed E-state index contributed by atoms with van der Waals surface area (Å²) in [4.78, 5) is 13.4. The molecule has 0 aromatic heterocycles. The van der Waals surface area contributed by atoms with Gasteiger partial charge in [0.25, 0.3) is 0 Å². The van der Waals surface area contributed by atoms with Crippen molar-refractivity contribution in [2.75, 3.05) is 26.8 Å². The first-order valence-corrected chi connectivity index (χ1v) is 5.39. The molecule has 4 nitrogen and oxygen atoms in total. The Morgan fingerprint density at radius 1 is 1.47 bits per heavy atom. The zero-order valence-electron chi connectivity index (χ0n) is 10.1. The SMILES string of the molecule is COCC1CCN(C(=O)OC(C)(C)C)C1. The second kappa shape index (κ2) is 4.84. The number of carbonyl (C=O) groups excluding carboxylic acids is 1. The first kappa shape index (κ1) is 12.3. The van der Waals surface area contributed by atoms with E-state index in [9.17, 15) is 4.79 Å². The van der Waals surface area contributed by atoms with Gasteiger partial charge >= 0.3 is 6.09 Å². The van der Waals surface area contributed by atoms with Crippen LogP contribution in [0.25, 0.3) is 0 Å². The molecule has 4 heteroatoms. The molecule has 88 valence electrons. The molecule has 1 amide bonds. The van der Waals surface area contributed by atoms with Crippen LogP contribution in [-0.4, -0.2) is 43.4 Å². The van der Waals surface area contributed by atoms with E-state index >= 15 is 0 Å². The van der Waals surface area contributed by atoms with E-state index in [4.69, 9.17) is 9.47 Å². The molecule has 0 aromatic carbocycles. The van der Waals surface area contributed by atoms with E-state index < -0.39 is 5.60 Å². The molecule has 1 fully saturated rings. The Morgan fingerprint density at radius 3 is 2.67 bits per heavy atom. The van der Waals surface area contributed by atoms with Gasteiger partial charge in [-0.1, -0.05) is 0 Å². The monoisotopic (exact) mass is 215 g/mol. The minimum atomic E-state index is -0.406. The Morgan fingerprint density at radius 2 is 2.13 bits per heavy atom. The predicted octanol–water partition coefficient (Wildman–Crippen LogP) is 1.89. The molecule has 15 heavy (non-hydrogen) atoms. The van der Waals surface area contributed by atoms with Gasteiger partial charge in [0.2, 0.25) is 0 Å². The van der Waals surface area contributed by atoms with Gasteiger partial charge in [0, 0.05) is 26.1 Å². The van der Waals surface area contributed by atoms with Crippen molar-refractivity contribution in [1.82, 2.24) is 4.90 Å². The molecular weight excluding hydrogens is 194 g/mol. The lowest BCUT2D eigenvalue weighted by Crippen LogP contribution is -2.35. The van der Waals surface area contributed by atoms with Gasteiger partial charge in [0.1, 0.15) is 5.60 Å². The summed E-state index contributed by atoms with van der Waals surface area (Å²) < 4.78 is 10.4. The number of methoxy groups -OCH3 is 1. The van der Waals surface area contributed by atoms with E-state index in [1.54, 1.807) is 12.0 Å². The van der Waals surface area contributed by atoms with Crippen molar-refractivity contribution in [3.05, 3.63) is 0 Å². The smallest absolute Gasteiger partial charge is 0.410 e. The predicted molar refractivity (Wildman–Crippen MR) is 57.8 cm³/mol.